The molecule has 1 aliphatic heterocycles. The molecule has 2 aromatic carbocycles. The van der Waals surface area contributed by atoms with E-state index in [-0.39, 0.29) is 0 Å². The molecule has 6 nitrogen and oxygen atoms in total. The third kappa shape index (κ3) is 3.09. The maximum Gasteiger partial charge on any atom is 0.364 e. The summed E-state index contributed by atoms with van der Waals surface area (Å²) in [5, 5.41) is 0. The third-order valence-electron chi connectivity index (χ3n) is 3.36. The summed E-state index contributed by atoms with van der Waals surface area (Å²) in [6.07, 6.45) is 0. The van der Waals surface area contributed by atoms with E-state index in [1.165, 1.54) is 0 Å². The Bertz CT molecular complexity index is 813. The summed E-state index contributed by atoms with van der Waals surface area (Å²) in [5.41, 5.74) is 1.94. The van der Waals surface area contributed by atoms with Gasteiger partial charge in [0, 0.05) is 11.1 Å². The summed E-state index contributed by atoms with van der Waals surface area (Å²) >= 11 is 0. The highest BCUT2D eigenvalue weighted by atomic mass is 32.2. The second-order valence-electron chi connectivity index (χ2n) is 4.78. The second kappa shape index (κ2) is 5.85. The Labute approximate surface area is 134 Å². The minimum Gasteiger partial charge on any atom is -0.497 e. The molecule has 23 heavy (non-hydrogen) atoms. The van der Waals surface area contributed by atoms with E-state index in [1.807, 2.05) is 0 Å². The Morgan fingerprint density at radius 2 is 1.04 bits per heavy atom. The highest BCUT2D eigenvalue weighted by Gasteiger charge is 2.26. The lowest BCUT2D eigenvalue weighted by molar-refractivity contribution is 0.414. The van der Waals surface area contributed by atoms with Crippen molar-refractivity contribution in [2.24, 2.45) is 8.80 Å². The van der Waals surface area contributed by atoms with Gasteiger partial charge in [-0.15, -0.1) is 8.80 Å². The van der Waals surface area contributed by atoms with Crippen molar-refractivity contribution in [3.8, 4) is 11.5 Å². The molecule has 2 aromatic rings. The summed E-state index contributed by atoms with van der Waals surface area (Å²) < 4.78 is 41.4. The molecule has 118 valence electrons. The van der Waals surface area contributed by atoms with E-state index in [1.54, 1.807) is 62.8 Å². The third-order valence-corrected chi connectivity index (χ3v) is 4.19. The van der Waals surface area contributed by atoms with Crippen LogP contribution in [0, 0.1) is 0 Å². The van der Waals surface area contributed by atoms with Gasteiger partial charge in [0.2, 0.25) is 0 Å². The van der Waals surface area contributed by atoms with Crippen molar-refractivity contribution in [3.63, 3.8) is 0 Å². The van der Waals surface area contributed by atoms with Crippen molar-refractivity contribution in [2.45, 2.75) is 0 Å². The molecular weight excluding hydrogens is 316 g/mol. The van der Waals surface area contributed by atoms with Crippen molar-refractivity contribution in [1.82, 2.24) is 0 Å². The highest BCUT2D eigenvalue weighted by molar-refractivity contribution is 7.89. The first-order valence-electron chi connectivity index (χ1n) is 6.76. The fraction of sp³-hybridized carbons (Fsp3) is 0.125. The molecule has 0 fully saturated rings. The van der Waals surface area contributed by atoms with Gasteiger partial charge in [-0.2, -0.15) is 8.42 Å². The number of hydrogen-bond donors (Lipinski definition) is 0. The van der Waals surface area contributed by atoms with E-state index in [4.69, 9.17) is 9.47 Å². The standard InChI is InChI=1S/C16H14N2O4S/c1-21-13-7-3-11(4-8-13)15-16(18-23(19,20)17-15)12-5-9-14(22-2)10-6-12/h3-10H,1-2H3. The van der Waals surface area contributed by atoms with Gasteiger partial charge >= 0.3 is 10.2 Å². The molecule has 0 saturated heterocycles. The molecule has 0 radical (unpaired) electrons. The molecule has 0 aromatic heterocycles. The molecule has 0 aliphatic carbocycles. The van der Waals surface area contributed by atoms with Crippen LogP contribution in [-0.2, 0) is 10.2 Å². The van der Waals surface area contributed by atoms with Crippen LogP contribution in [0.4, 0.5) is 0 Å². The molecule has 7 heteroatoms. The van der Waals surface area contributed by atoms with Crippen molar-refractivity contribution >= 4 is 21.6 Å². The van der Waals surface area contributed by atoms with Gasteiger partial charge in [0.25, 0.3) is 0 Å². The van der Waals surface area contributed by atoms with Crippen LogP contribution >= 0.6 is 0 Å². The van der Waals surface area contributed by atoms with Crippen LogP contribution in [0.1, 0.15) is 11.1 Å². The van der Waals surface area contributed by atoms with Crippen LogP contribution in [0.3, 0.4) is 0 Å². The van der Waals surface area contributed by atoms with Gasteiger partial charge in [-0.05, 0) is 48.5 Å². The summed E-state index contributed by atoms with van der Waals surface area (Å²) in [7, 11) is -0.726. The predicted molar refractivity (Wildman–Crippen MR) is 88.0 cm³/mol. The van der Waals surface area contributed by atoms with Crippen LogP contribution < -0.4 is 9.47 Å². The van der Waals surface area contributed by atoms with Crippen molar-refractivity contribution in [3.05, 3.63) is 59.7 Å². The van der Waals surface area contributed by atoms with Gasteiger partial charge in [0.05, 0.1) is 14.2 Å². The van der Waals surface area contributed by atoms with Gasteiger partial charge in [-0.25, -0.2) is 0 Å². The summed E-state index contributed by atoms with van der Waals surface area (Å²) in [5.74, 6) is 1.36. The maximum absolute atomic E-state index is 11.8. The Morgan fingerprint density at radius 3 is 1.35 bits per heavy atom. The van der Waals surface area contributed by atoms with Gasteiger partial charge in [-0.1, -0.05) is 0 Å². The zero-order valence-corrected chi connectivity index (χ0v) is 13.4. The van der Waals surface area contributed by atoms with Crippen molar-refractivity contribution in [2.75, 3.05) is 14.2 Å². The molecular formula is C16H14N2O4S. The highest BCUT2D eigenvalue weighted by Crippen LogP contribution is 2.22. The largest absolute Gasteiger partial charge is 0.497 e. The van der Waals surface area contributed by atoms with Gasteiger partial charge < -0.3 is 9.47 Å². The number of methoxy groups -OCH3 is 2. The molecule has 0 unspecified atom stereocenters. The number of ether oxygens (including phenoxy) is 2. The van der Waals surface area contributed by atoms with E-state index < -0.39 is 10.2 Å². The van der Waals surface area contributed by atoms with E-state index in [0.717, 1.165) is 0 Å². The monoisotopic (exact) mass is 330 g/mol. The quantitative estimate of drug-likeness (QED) is 0.861. The van der Waals surface area contributed by atoms with Crippen LogP contribution in [0.25, 0.3) is 0 Å². The molecule has 0 saturated carbocycles. The minimum atomic E-state index is -3.86. The average molecular weight is 330 g/mol. The SMILES string of the molecule is COc1ccc(C2=NS(=O)(=O)N=C2c2ccc(OC)cc2)cc1. The van der Waals surface area contributed by atoms with Crippen molar-refractivity contribution in [1.29, 1.82) is 0 Å². The predicted octanol–water partition coefficient (Wildman–Crippen LogP) is 2.24. The Balaban J connectivity index is 2.05. The van der Waals surface area contributed by atoms with E-state index in [9.17, 15) is 8.42 Å². The Hall–Kier alpha value is -2.67. The molecule has 1 aliphatic rings. The van der Waals surface area contributed by atoms with Crippen LogP contribution in [0.2, 0.25) is 0 Å². The zero-order valence-electron chi connectivity index (χ0n) is 12.6. The topological polar surface area (TPSA) is 77.3 Å². The fourth-order valence-electron chi connectivity index (χ4n) is 2.21. The first kappa shape index (κ1) is 15.2. The second-order valence-corrected chi connectivity index (χ2v) is 6.05. The van der Waals surface area contributed by atoms with E-state index in [0.29, 0.717) is 34.0 Å². The van der Waals surface area contributed by atoms with Gasteiger partial charge in [-0.3, -0.25) is 0 Å². The van der Waals surface area contributed by atoms with E-state index >= 15 is 0 Å². The smallest absolute Gasteiger partial charge is 0.364 e. The van der Waals surface area contributed by atoms with Crippen LogP contribution in [-0.4, -0.2) is 34.1 Å². The first-order chi connectivity index (χ1) is 11.0. The van der Waals surface area contributed by atoms with Crippen molar-refractivity contribution < 1.29 is 17.9 Å². The number of nitrogens with zero attached hydrogens (tertiary/aromatic N) is 2. The minimum absolute atomic E-state index is 0.317. The van der Waals surface area contributed by atoms with Gasteiger partial charge in [0.15, 0.2) is 0 Å². The lowest BCUT2D eigenvalue weighted by atomic mass is 10.00. The summed E-state index contributed by atoms with van der Waals surface area (Å²) in [6, 6.07) is 14.0. The molecule has 0 N–H and O–H groups in total. The lowest BCUT2D eigenvalue weighted by Crippen LogP contribution is -2.13. The molecule has 0 spiro atoms. The van der Waals surface area contributed by atoms with Crippen LogP contribution in [0.15, 0.2) is 57.3 Å². The number of benzene rings is 2. The number of rotatable bonds is 4. The molecule has 1 heterocycles. The first-order valence-corrected chi connectivity index (χ1v) is 8.16. The summed E-state index contributed by atoms with van der Waals surface area (Å²) in [4.78, 5) is 0. The molecule has 0 amide bonds. The molecule has 0 bridgehead atoms. The molecule has 0 atom stereocenters. The van der Waals surface area contributed by atoms with Gasteiger partial charge in [0.1, 0.15) is 22.9 Å². The average Bonchev–Trinajstić information content (AvgIpc) is 2.91. The lowest BCUT2D eigenvalue weighted by Gasteiger charge is -2.07. The van der Waals surface area contributed by atoms with Crippen LogP contribution in [0.5, 0.6) is 11.5 Å². The Morgan fingerprint density at radius 1 is 0.696 bits per heavy atom. The van der Waals surface area contributed by atoms with E-state index in [2.05, 4.69) is 8.80 Å². The normalized spacial score (nSPS) is 15.7. The molecule has 3 rings (SSSR count). The maximum atomic E-state index is 11.8. The number of hydrogen-bond acceptors (Lipinski definition) is 4. The fourth-order valence-corrected chi connectivity index (χ4v) is 3.10. The Kier molecular flexibility index (Phi) is 3.87. The summed E-state index contributed by atoms with van der Waals surface area (Å²) in [6.45, 7) is 0. The zero-order chi connectivity index (χ0) is 16.4.